The summed E-state index contributed by atoms with van der Waals surface area (Å²) in [5, 5.41) is 8.82. The molecule has 0 bridgehead atoms. The van der Waals surface area contributed by atoms with Crippen LogP contribution in [0.2, 0.25) is 0 Å². The molecule has 0 saturated carbocycles. The van der Waals surface area contributed by atoms with Crippen molar-refractivity contribution in [1.82, 2.24) is 4.90 Å². The normalized spacial score (nSPS) is 28.3. The van der Waals surface area contributed by atoms with Crippen molar-refractivity contribution in [3.63, 3.8) is 0 Å². The third-order valence-electron chi connectivity index (χ3n) is 3.78. The summed E-state index contributed by atoms with van der Waals surface area (Å²) in [4.78, 5) is 35.6. The molecule has 19 heavy (non-hydrogen) atoms. The number of likely N-dealkylation sites (tertiary alicyclic amines) is 1. The van der Waals surface area contributed by atoms with Crippen molar-refractivity contribution in [3.8, 4) is 0 Å². The van der Waals surface area contributed by atoms with E-state index in [1.807, 2.05) is 0 Å². The number of rotatable bonds is 3. The molecule has 2 heterocycles. The highest BCUT2D eigenvalue weighted by atomic mass is 16.5. The number of ether oxygens (including phenoxy) is 1. The minimum absolute atomic E-state index is 0.166. The fraction of sp³-hybridized carbons (Fsp3) is 0.750. The van der Waals surface area contributed by atoms with Crippen LogP contribution in [0.15, 0.2) is 0 Å². The van der Waals surface area contributed by atoms with E-state index in [0.717, 1.165) is 0 Å². The average molecular weight is 270 g/mol. The van der Waals surface area contributed by atoms with Gasteiger partial charge in [0, 0.05) is 19.0 Å². The fourth-order valence-electron chi connectivity index (χ4n) is 2.59. The predicted molar refractivity (Wildman–Crippen MR) is 64.0 cm³/mol. The molecule has 2 aliphatic rings. The number of piperidine rings is 1. The Morgan fingerprint density at radius 1 is 1.05 bits per heavy atom. The molecule has 0 radical (unpaired) electrons. The van der Waals surface area contributed by atoms with Crippen molar-refractivity contribution in [2.75, 3.05) is 13.1 Å². The molecule has 7 nitrogen and oxygen atoms in total. The number of carbonyl (C=O) groups is 3. The molecule has 2 aliphatic heterocycles. The molecule has 0 aliphatic carbocycles. The van der Waals surface area contributed by atoms with Gasteiger partial charge in [-0.2, -0.15) is 0 Å². The number of carboxylic acids is 1. The number of hydrogen-bond acceptors (Lipinski definition) is 4. The van der Waals surface area contributed by atoms with Gasteiger partial charge in [0.15, 0.2) is 6.10 Å². The summed E-state index contributed by atoms with van der Waals surface area (Å²) in [6.07, 6.45) is 0.393. The van der Waals surface area contributed by atoms with Gasteiger partial charge in [0.05, 0.1) is 0 Å². The molecular formula is C12H18N2O5. The molecule has 106 valence electrons. The number of nitrogens with two attached hydrogens (primary N) is 1. The maximum Gasteiger partial charge on any atom is 0.332 e. The van der Waals surface area contributed by atoms with Crippen molar-refractivity contribution in [2.24, 2.45) is 11.7 Å². The van der Waals surface area contributed by atoms with E-state index in [-0.39, 0.29) is 17.7 Å². The Kier molecular flexibility index (Phi) is 4.04. The summed E-state index contributed by atoms with van der Waals surface area (Å²) in [6, 6.07) is 0. The van der Waals surface area contributed by atoms with E-state index in [4.69, 9.17) is 15.6 Å². The monoisotopic (exact) mass is 270 g/mol. The first-order chi connectivity index (χ1) is 8.99. The number of amides is 2. The molecule has 2 fully saturated rings. The van der Waals surface area contributed by atoms with Gasteiger partial charge in [0.25, 0.3) is 5.91 Å². The molecular weight excluding hydrogens is 252 g/mol. The van der Waals surface area contributed by atoms with Crippen molar-refractivity contribution in [1.29, 1.82) is 0 Å². The van der Waals surface area contributed by atoms with Gasteiger partial charge in [0.2, 0.25) is 5.91 Å². The molecule has 2 rings (SSSR count). The molecule has 2 atom stereocenters. The summed E-state index contributed by atoms with van der Waals surface area (Å²) in [6.45, 7) is 0.952. The van der Waals surface area contributed by atoms with Crippen molar-refractivity contribution >= 4 is 17.8 Å². The third-order valence-corrected chi connectivity index (χ3v) is 3.78. The van der Waals surface area contributed by atoms with Crippen LogP contribution in [0, 0.1) is 5.92 Å². The van der Waals surface area contributed by atoms with E-state index in [0.29, 0.717) is 38.8 Å². The Labute approximate surface area is 110 Å². The second-order valence-electron chi connectivity index (χ2n) is 5.03. The highest BCUT2D eigenvalue weighted by Crippen LogP contribution is 2.24. The van der Waals surface area contributed by atoms with Gasteiger partial charge < -0.3 is 20.5 Å². The van der Waals surface area contributed by atoms with E-state index in [1.165, 1.54) is 0 Å². The Bertz CT molecular complexity index is 390. The summed E-state index contributed by atoms with van der Waals surface area (Å²) in [7, 11) is 0. The number of primary amides is 1. The lowest BCUT2D eigenvalue weighted by Gasteiger charge is -2.32. The Morgan fingerprint density at radius 2 is 1.63 bits per heavy atom. The number of carboxylic acid groups (broad SMARTS) is 1. The van der Waals surface area contributed by atoms with Gasteiger partial charge in [-0.3, -0.25) is 9.59 Å². The molecule has 2 saturated heterocycles. The number of hydrogen-bond donors (Lipinski definition) is 2. The van der Waals surface area contributed by atoms with E-state index in [1.54, 1.807) is 4.90 Å². The lowest BCUT2D eigenvalue weighted by Crippen LogP contribution is -2.46. The number of carbonyl (C=O) groups excluding carboxylic acids is 2. The van der Waals surface area contributed by atoms with Gasteiger partial charge in [-0.05, 0) is 25.7 Å². The second-order valence-corrected chi connectivity index (χ2v) is 5.03. The first-order valence-electron chi connectivity index (χ1n) is 6.45. The van der Waals surface area contributed by atoms with Crippen LogP contribution in [0.5, 0.6) is 0 Å². The van der Waals surface area contributed by atoms with Gasteiger partial charge in [-0.25, -0.2) is 4.79 Å². The molecule has 0 spiro atoms. The first kappa shape index (κ1) is 13.8. The van der Waals surface area contributed by atoms with Crippen LogP contribution in [-0.4, -0.2) is 53.1 Å². The quantitative estimate of drug-likeness (QED) is 0.707. The summed E-state index contributed by atoms with van der Waals surface area (Å²) in [5.41, 5.74) is 5.23. The zero-order valence-electron chi connectivity index (χ0n) is 10.6. The molecule has 0 aromatic rings. The van der Waals surface area contributed by atoms with Crippen molar-refractivity contribution in [3.05, 3.63) is 0 Å². The lowest BCUT2D eigenvalue weighted by atomic mass is 9.96. The highest BCUT2D eigenvalue weighted by Gasteiger charge is 2.38. The van der Waals surface area contributed by atoms with Crippen LogP contribution < -0.4 is 5.73 Å². The largest absolute Gasteiger partial charge is 0.479 e. The summed E-state index contributed by atoms with van der Waals surface area (Å²) in [5.74, 6) is -1.69. The van der Waals surface area contributed by atoms with E-state index in [9.17, 15) is 14.4 Å². The first-order valence-corrected chi connectivity index (χ1v) is 6.45. The van der Waals surface area contributed by atoms with Crippen LogP contribution in [0.4, 0.5) is 0 Å². The third kappa shape index (κ3) is 3.04. The van der Waals surface area contributed by atoms with Crippen LogP contribution >= 0.6 is 0 Å². The van der Waals surface area contributed by atoms with Crippen molar-refractivity contribution in [2.45, 2.75) is 37.9 Å². The lowest BCUT2D eigenvalue weighted by molar-refractivity contribution is -0.155. The van der Waals surface area contributed by atoms with Gasteiger partial charge >= 0.3 is 5.97 Å². The number of nitrogens with zero attached hydrogens (tertiary/aromatic N) is 1. The van der Waals surface area contributed by atoms with Gasteiger partial charge in [0.1, 0.15) is 6.10 Å². The highest BCUT2D eigenvalue weighted by molar-refractivity contribution is 5.83. The maximum absolute atomic E-state index is 12.1. The van der Waals surface area contributed by atoms with E-state index >= 15 is 0 Å². The molecule has 0 aromatic heterocycles. The standard InChI is InChI=1S/C12H18N2O5/c13-10(15)7-3-5-14(6-4-7)11(16)8-1-2-9(19-8)12(17)18/h7-9H,1-6H2,(H2,13,15)(H,17,18). The molecule has 2 amide bonds. The second kappa shape index (κ2) is 5.56. The van der Waals surface area contributed by atoms with Crippen LogP contribution in [0.25, 0.3) is 0 Å². The SMILES string of the molecule is NC(=O)C1CCN(C(=O)C2CCC(C(=O)O)O2)CC1. The fourth-order valence-corrected chi connectivity index (χ4v) is 2.59. The van der Waals surface area contributed by atoms with E-state index in [2.05, 4.69) is 0 Å². The van der Waals surface area contributed by atoms with Crippen LogP contribution in [-0.2, 0) is 19.1 Å². The topological polar surface area (TPSA) is 110 Å². The molecule has 3 N–H and O–H groups in total. The molecule has 2 unspecified atom stereocenters. The van der Waals surface area contributed by atoms with Crippen LogP contribution in [0.1, 0.15) is 25.7 Å². The number of aliphatic carboxylic acids is 1. The van der Waals surface area contributed by atoms with Crippen LogP contribution in [0.3, 0.4) is 0 Å². The summed E-state index contributed by atoms with van der Waals surface area (Å²) >= 11 is 0. The minimum Gasteiger partial charge on any atom is -0.479 e. The Morgan fingerprint density at radius 3 is 2.11 bits per heavy atom. The van der Waals surface area contributed by atoms with Crippen molar-refractivity contribution < 1.29 is 24.2 Å². The van der Waals surface area contributed by atoms with E-state index < -0.39 is 18.2 Å². The predicted octanol–water partition coefficient (Wildman–Crippen LogP) is -0.657. The van der Waals surface area contributed by atoms with Gasteiger partial charge in [-0.15, -0.1) is 0 Å². The zero-order chi connectivity index (χ0) is 14.0. The minimum atomic E-state index is -1.03. The van der Waals surface area contributed by atoms with Gasteiger partial charge in [-0.1, -0.05) is 0 Å². The maximum atomic E-state index is 12.1. The molecule has 0 aromatic carbocycles. The Balaban J connectivity index is 1.85. The zero-order valence-corrected chi connectivity index (χ0v) is 10.6. The molecule has 7 heteroatoms. The summed E-state index contributed by atoms with van der Waals surface area (Å²) < 4.78 is 5.23. The smallest absolute Gasteiger partial charge is 0.332 e. The average Bonchev–Trinajstić information content (AvgIpc) is 2.87. The Hall–Kier alpha value is -1.63.